The summed E-state index contributed by atoms with van der Waals surface area (Å²) in [5, 5.41) is 2.89. The minimum absolute atomic E-state index is 0.0332. The van der Waals surface area contributed by atoms with E-state index in [2.05, 4.69) is 41.3 Å². The second kappa shape index (κ2) is 8.41. The van der Waals surface area contributed by atoms with Crippen molar-refractivity contribution >= 4 is 22.6 Å². The molecule has 0 spiro atoms. The SMILES string of the molecule is Cc1ccc(C(C)C)c(OCC(=O)Nc2ccc(-c3nc4ccccc4[nH]3)cc2)c1. The maximum Gasteiger partial charge on any atom is 0.262 e. The maximum atomic E-state index is 12.4. The average molecular weight is 399 g/mol. The van der Waals surface area contributed by atoms with E-state index in [4.69, 9.17) is 4.74 Å². The second-order valence-electron chi connectivity index (χ2n) is 7.71. The van der Waals surface area contributed by atoms with Crippen molar-refractivity contribution < 1.29 is 9.53 Å². The highest BCUT2D eigenvalue weighted by atomic mass is 16.5. The Morgan fingerprint density at radius 1 is 1.07 bits per heavy atom. The first-order valence-electron chi connectivity index (χ1n) is 10.1. The molecule has 1 amide bonds. The molecule has 1 heterocycles. The van der Waals surface area contributed by atoms with Crippen molar-refractivity contribution in [1.82, 2.24) is 9.97 Å². The van der Waals surface area contributed by atoms with Gasteiger partial charge in [0.2, 0.25) is 0 Å². The molecule has 0 bridgehead atoms. The maximum absolute atomic E-state index is 12.4. The number of carbonyl (C=O) groups excluding carboxylic acids is 1. The molecule has 5 nitrogen and oxygen atoms in total. The highest BCUT2D eigenvalue weighted by Gasteiger charge is 2.11. The topological polar surface area (TPSA) is 67.0 Å². The number of hydrogen-bond donors (Lipinski definition) is 2. The number of fused-ring (bicyclic) bond motifs is 1. The number of aryl methyl sites for hydroxylation is 1. The molecule has 5 heteroatoms. The highest BCUT2D eigenvalue weighted by molar-refractivity contribution is 5.92. The van der Waals surface area contributed by atoms with E-state index in [9.17, 15) is 4.79 Å². The van der Waals surface area contributed by atoms with Gasteiger partial charge in [0.05, 0.1) is 11.0 Å². The molecular weight excluding hydrogens is 374 g/mol. The van der Waals surface area contributed by atoms with Gasteiger partial charge in [-0.2, -0.15) is 0 Å². The first kappa shape index (κ1) is 19.7. The van der Waals surface area contributed by atoms with Gasteiger partial charge >= 0.3 is 0 Å². The monoisotopic (exact) mass is 399 g/mol. The molecule has 0 aliphatic heterocycles. The minimum atomic E-state index is -0.192. The number of aromatic amines is 1. The van der Waals surface area contributed by atoms with Crippen molar-refractivity contribution in [3.8, 4) is 17.1 Å². The van der Waals surface area contributed by atoms with Gasteiger partial charge in [-0.05, 0) is 66.4 Å². The van der Waals surface area contributed by atoms with Crippen molar-refractivity contribution in [1.29, 1.82) is 0 Å². The van der Waals surface area contributed by atoms with Gasteiger partial charge in [-0.1, -0.05) is 38.1 Å². The van der Waals surface area contributed by atoms with Crippen LogP contribution >= 0.6 is 0 Å². The molecule has 0 radical (unpaired) electrons. The first-order chi connectivity index (χ1) is 14.5. The predicted octanol–water partition coefficient (Wildman–Crippen LogP) is 5.68. The summed E-state index contributed by atoms with van der Waals surface area (Å²) in [7, 11) is 0. The number of imidazole rings is 1. The number of H-pyrrole nitrogens is 1. The van der Waals surface area contributed by atoms with E-state index in [0.29, 0.717) is 5.92 Å². The number of para-hydroxylation sites is 2. The Labute approximate surface area is 176 Å². The largest absolute Gasteiger partial charge is 0.483 e. The van der Waals surface area contributed by atoms with Crippen LogP contribution in [0, 0.1) is 6.92 Å². The Balaban J connectivity index is 1.40. The molecule has 1 aromatic heterocycles. The lowest BCUT2D eigenvalue weighted by Crippen LogP contribution is -2.20. The third kappa shape index (κ3) is 4.35. The molecule has 4 rings (SSSR count). The number of nitrogens with zero attached hydrogens (tertiary/aromatic N) is 1. The van der Waals surface area contributed by atoms with Crippen LogP contribution in [0.2, 0.25) is 0 Å². The summed E-state index contributed by atoms with van der Waals surface area (Å²) < 4.78 is 5.81. The Kier molecular flexibility index (Phi) is 5.53. The number of rotatable bonds is 6. The molecule has 0 aliphatic rings. The minimum Gasteiger partial charge on any atom is -0.483 e. The van der Waals surface area contributed by atoms with Crippen molar-refractivity contribution in [2.45, 2.75) is 26.7 Å². The fraction of sp³-hybridized carbons (Fsp3) is 0.200. The number of carbonyl (C=O) groups is 1. The van der Waals surface area contributed by atoms with Crippen LogP contribution in [0.5, 0.6) is 5.75 Å². The van der Waals surface area contributed by atoms with Gasteiger partial charge in [-0.3, -0.25) is 4.79 Å². The molecule has 2 N–H and O–H groups in total. The van der Waals surface area contributed by atoms with Gasteiger partial charge < -0.3 is 15.0 Å². The summed E-state index contributed by atoms with van der Waals surface area (Å²) >= 11 is 0. The number of aromatic nitrogens is 2. The van der Waals surface area contributed by atoms with Gasteiger partial charge in [0.1, 0.15) is 11.6 Å². The van der Waals surface area contributed by atoms with Crippen LogP contribution in [-0.2, 0) is 4.79 Å². The second-order valence-corrected chi connectivity index (χ2v) is 7.71. The molecule has 0 unspecified atom stereocenters. The molecule has 0 atom stereocenters. The Hall–Kier alpha value is -3.60. The van der Waals surface area contributed by atoms with Gasteiger partial charge in [-0.15, -0.1) is 0 Å². The number of ether oxygens (including phenoxy) is 1. The number of amides is 1. The van der Waals surface area contributed by atoms with Crippen LogP contribution in [0.1, 0.15) is 30.9 Å². The van der Waals surface area contributed by atoms with Crippen LogP contribution in [0.4, 0.5) is 5.69 Å². The van der Waals surface area contributed by atoms with E-state index in [1.807, 2.05) is 61.5 Å². The summed E-state index contributed by atoms with van der Waals surface area (Å²) in [5.74, 6) is 1.70. The van der Waals surface area contributed by atoms with Crippen LogP contribution in [0.15, 0.2) is 66.7 Å². The quantitative estimate of drug-likeness (QED) is 0.438. The normalized spacial score (nSPS) is 11.1. The van der Waals surface area contributed by atoms with E-state index in [1.54, 1.807) is 0 Å². The molecule has 0 aliphatic carbocycles. The zero-order valence-electron chi connectivity index (χ0n) is 17.4. The zero-order valence-corrected chi connectivity index (χ0v) is 17.4. The summed E-state index contributed by atoms with van der Waals surface area (Å²) in [6, 6.07) is 21.6. The van der Waals surface area contributed by atoms with E-state index in [-0.39, 0.29) is 12.5 Å². The predicted molar refractivity (Wildman–Crippen MR) is 121 cm³/mol. The van der Waals surface area contributed by atoms with Crippen LogP contribution in [0.3, 0.4) is 0 Å². The third-order valence-corrected chi connectivity index (χ3v) is 4.98. The van der Waals surface area contributed by atoms with Gasteiger partial charge in [0, 0.05) is 11.3 Å². The summed E-state index contributed by atoms with van der Waals surface area (Å²) in [4.78, 5) is 20.3. The number of nitrogens with one attached hydrogen (secondary N) is 2. The lowest BCUT2D eigenvalue weighted by Gasteiger charge is -2.15. The van der Waals surface area contributed by atoms with E-state index >= 15 is 0 Å². The van der Waals surface area contributed by atoms with Crippen molar-refractivity contribution in [3.63, 3.8) is 0 Å². The fourth-order valence-electron chi connectivity index (χ4n) is 3.38. The smallest absolute Gasteiger partial charge is 0.262 e. The van der Waals surface area contributed by atoms with Gasteiger partial charge in [0.25, 0.3) is 5.91 Å². The molecule has 0 fully saturated rings. The standard InChI is InChI=1S/C25H25N3O2/c1-16(2)20-13-8-17(3)14-23(20)30-15-24(29)26-19-11-9-18(10-12-19)25-27-21-6-4-5-7-22(21)28-25/h4-14,16H,15H2,1-3H3,(H,26,29)(H,27,28). The lowest BCUT2D eigenvalue weighted by atomic mass is 10.0. The summed E-state index contributed by atoms with van der Waals surface area (Å²) in [6.45, 7) is 6.21. The van der Waals surface area contributed by atoms with E-state index in [1.165, 1.54) is 0 Å². The molecule has 3 aromatic carbocycles. The van der Waals surface area contributed by atoms with Gasteiger partial charge in [0.15, 0.2) is 6.61 Å². The molecular formula is C25H25N3O2. The summed E-state index contributed by atoms with van der Waals surface area (Å²) in [5.41, 5.74) is 5.82. The van der Waals surface area contributed by atoms with Crippen molar-refractivity contribution in [2.24, 2.45) is 0 Å². The number of hydrogen-bond acceptors (Lipinski definition) is 3. The number of benzene rings is 3. The fourth-order valence-corrected chi connectivity index (χ4v) is 3.38. The van der Waals surface area contributed by atoms with E-state index < -0.39 is 0 Å². The lowest BCUT2D eigenvalue weighted by molar-refractivity contribution is -0.118. The highest BCUT2D eigenvalue weighted by Crippen LogP contribution is 2.27. The van der Waals surface area contributed by atoms with Crippen LogP contribution in [-0.4, -0.2) is 22.5 Å². The van der Waals surface area contributed by atoms with E-state index in [0.717, 1.165) is 45.0 Å². The Morgan fingerprint density at radius 2 is 1.83 bits per heavy atom. The first-order valence-corrected chi connectivity index (χ1v) is 10.1. The van der Waals surface area contributed by atoms with Crippen LogP contribution < -0.4 is 10.1 Å². The van der Waals surface area contributed by atoms with Crippen molar-refractivity contribution in [2.75, 3.05) is 11.9 Å². The average Bonchev–Trinajstić information content (AvgIpc) is 3.17. The summed E-state index contributed by atoms with van der Waals surface area (Å²) in [6.07, 6.45) is 0. The van der Waals surface area contributed by atoms with Gasteiger partial charge in [-0.25, -0.2) is 4.98 Å². The third-order valence-electron chi connectivity index (χ3n) is 4.98. The molecule has 30 heavy (non-hydrogen) atoms. The molecule has 0 saturated heterocycles. The molecule has 4 aromatic rings. The Morgan fingerprint density at radius 3 is 2.57 bits per heavy atom. The Bertz CT molecular complexity index is 1140. The zero-order chi connectivity index (χ0) is 21.1. The molecule has 0 saturated carbocycles. The number of anilines is 1. The molecule has 152 valence electrons. The van der Waals surface area contributed by atoms with Crippen molar-refractivity contribution in [3.05, 3.63) is 77.9 Å². The van der Waals surface area contributed by atoms with Crippen LogP contribution in [0.25, 0.3) is 22.4 Å².